The molecule has 0 spiro atoms. The number of carbonyl (C=O) groups is 2. The van der Waals surface area contributed by atoms with Crippen molar-refractivity contribution in [3.8, 4) is 11.5 Å². The van der Waals surface area contributed by atoms with E-state index in [-0.39, 0.29) is 20.8 Å². The number of rotatable bonds is 6. The molecule has 2 rings (SSSR count). The molecule has 1 N–H and O–H groups in total. The van der Waals surface area contributed by atoms with Crippen LogP contribution in [0.3, 0.4) is 0 Å². The van der Waals surface area contributed by atoms with Gasteiger partial charge in [0.05, 0.1) is 35.0 Å². The summed E-state index contributed by atoms with van der Waals surface area (Å²) in [5.74, 6) is -0.577. The highest BCUT2D eigenvalue weighted by Gasteiger charge is 2.19. The van der Waals surface area contributed by atoms with Crippen molar-refractivity contribution in [2.45, 2.75) is 0 Å². The van der Waals surface area contributed by atoms with Gasteiger partial charge in [0.25, 0.3) is 5.91 Å². The number of esters is 1. The molecule has 0 aliphatic carbocycles. The van der Waals surface area contributed by atoms with Crippen molar-refractivity contribution in [1.29, 1.82) is 0 Å². The van der Waals surface area contributed by atoms with Gasteiger partial charge in [0, 0.05) is 12.3 Å². The van der Waals surface area contributed by atoms with Gasteiger partial charge in [-0.15, -0.1) is 0 Å². The van der Waals surface area contributed by atoms with Gasteiger partial charge in [-0.1, -0.05) is 34.8 Å². The van der Waals surface area contributed by atoms with Crippen LogP contribution >= 0.6 is 34.8 Å². The van der Waals surface area contributed by atoms with E-state index in [1.165, 1.54) is 14.2 Å². The molecule has 0 saturated carbocycles. The molecule has 0 unspecified atom stereocenters. The van der Waals surface area contributed by atoms with Crippen LogP contribution in [0.5, 0.6) is 11.5 Å². The number of carbonyl (C=O) groups excluding carboxylic acids is 2. The standard InChI is InChI=1S/C16H13Cl3N2O5/c1-24-8-3-4-11(25-2)10(5-8)21-12(22)7-26-16(23)15-14(19)13(18)9(17)6-20-15/h3-6H,7H2,1-2H3,(H,21,22). The number of hydrogen-bond acceptors (Lipinski definition) is 6. The summed E-state index contributed by atoms with van der Waals surface area (Å²) in [6.07, 6.45) is 1.16. The Morgan fingerprint density at radius 1 is 1.12 bits per heavy atom. The van der Waals surface area contributed by atoms with Gasteiger partial charge in [0.15, 0.2) is 12.3 Å². The first-order chi connectivity index (χ1) is 12.4. The number of hydrogen-bond donors (Lipinski definition) is 1. The van der Waals surface area contributed by atoms with Crippen molar-refractivity contribution in [2.75, 3.05) is 26.1 Å². The molecule has 0 bridgehead atoms. The third-order valence-corrected chi connectivity index (χ3v) is 4.37. The Kier molecular flexibility index (Phi) is 6.90. The van der Waals surface area contributed by atoms with E-state index in [1.807, 2.05) is 0 Å². The molecule has 0 aliphatic rings. The van der Waals surface area contributed by atoms with E-state index in [4.69, 9.17) is 49.0 Å². The number of ether oxygens (including phenoxy) is 3. The number of halogens is 3. The van der Waals surface area contributed by atoms with Crippen LogP contribution in [0, 0.1) is 0 Å². The topological polar surface area (TPSA) is 86.8 Å². The molecule has 10 heteroatoms. The molecule has 1 amide bonds. The lowest BCUT2D eigenvalue weighted by Gasteiger charge is -2.12. The molecular formula is C16H13Cl3N2O5. The highest BCUT2D eigenvalue weighted by Crippen LogP contribution is 2.31. The maximum atomic E-state index is 12.0. The van der Waals surface area contributed by atoms with Crippen molar-refractivity contribution in [3.63, 3.8) is 0 Å². The van der Waals surface area contributed by atoms with Gasteiger partial charge < -0.3 is 19.5 Å². The van der Waals surface area contributed by atoms with Gasteiger partial charge in [0.1, 0.15) is 11.5 Å². The molecule has 0 aliphatic heterocycles. The number of nitrogens with zero attached hydrogens (tertiary/aromatic N) is 1. The fraction of sp³-hybridized carbons (Fsp3) is 0.188. The third-order valence-electron chi connectivity index (χ3n) is 3.13. The highest BCUT2D eigenvalue weighted by atomic mass is 35.5. The summed E-state index contributed by atoms with van der Waals surface area (Å²) < 4.78 is 15.1. The fourth-order valence-corrected chi connectivity index (χ4v) is 2.44. The normalized spacial score (nSPS) is 10.2. The molecule has 0 radical (unpaired) electrons. The van der Waals surface area contributed by atoms with E-state index in [2.05, 4.69) is 10.3 Å². The predicted molar refractivity (Wildman–Crippen MR) is 97.7 cm³/mol. The summed E-state index contributed by atoms with van der Waals surface area (Å²) in [6, 6.07) is 4.86. The van der Waals surface area contributed by atoms with E-state index < -0.39 is 18.5 Å². The van der Waals surface area contributed by atoms with Gasteiger partial charge in [-0.2, -0.15) is 0 Å². The maximum Gasteiger partial charge on any atom is 0.359 e. The molecule has 7 nitrogen and oxygen atoms in total. The lowest BCUT2D eigenvalue weighted by molar-refractivity contribution is -0.119. The first-order valence-electron chi connectivity index (χ1n) is 7.05. The summed E-state index contributed by atoms with van der Waals surface area (Å²) >= 11 is 17.5. The van der Waals surface area contributed by atoms with Gasteiger partial charge in [-0.3, -0.25) is 4.79 Å². The smallest absolute Gasteiger partial charge is 0.359 e. The molecule has 1 heterocycles. The molecule has 2 aromatic rings. The molecule has 26 heavy (non-hydrogen) atoms. The second-order valence-corrected chi connectivity index (χ2v) is 5.94. The Balaban J connectivity index is 2.03. The monoisotopic (exact) mass is 418 g/mol. The van der Waals surface area contributed by atoms with E-state index in [0.717, 1.165) is 6.20 Å². The zero-order valence-corrected chi connectivity index (χ0v) is 15.9. The Morgan fingerprint density at radius 3 is 2.50 bits per heavy atom. The second kappa shape index (κ2) is 8.93. The first-order valence-corrected chi connectivity index (χ1v) is 8.19. The average molecular weight is 420 g/mol. The predicted octanol–water partition coefficient (Wildman–Crippen LogP) is 3.85. The minimum absolute atomic E-state index is 0.0270. The number of amides is 1. The zero-order chi connectivity index (χ0) is 19.3. The zero-order valence-electron chi connectivity index (χ0n) is 13.6. The minimum atomic E-state index is -0.915. The molecule has 0 atom stereocenters. The Bertz CT molecular complexity index is 845. The van der Waals surface area contributed by atoms with E-state index in [1.54, 1.807) is 18.2 Å². The van der Waals surface area contributed by atoms with Crippen LogP contribution in [0.25, 0.3) is 0 Å². The summed E-state index contributed by atoms with van der Waals surface area (Å²) in [6.45, 7) is -0.572. The fourth-order valence-electron chi connectivity index (χ4n) is 1.88. The summed E-state index contributed by atoms with van der Waals surface area (Å²) in [5.41, 5.74) is 0.117. The Hall–Kier alpha value is -2.22. The van der Waals surface area contributed by atoms with Crippen LogP contribution in [0.15, 0.2) is 24.4 Å². The minimum Gasteiger partial charge on any atom is -0.497 e. The van der Waals surface area contributed by atoms with Gasteiger partial charge in [-0.05, 0) is 12.1 Å². The van der Waals surface area contributed by atoms with Crippen LogP contribution in [-0.2, 0) is 9.53 Å². The summed E-state index contributed by atoms with van der Waals surface area (Å²) in [4.78, 5) is 27.8. The van der Waals surface area contributed by atoms with Crippen molar-refractivity contribution in [3.05, 3.63) is 45.2 Å². The summed E-state index contributed by atoms with van der Waals surface area (Å²) in [5, 5.41) is 2.47. The number of anilines is 1. The molecule has 1 aromatic carbocycles. The second-order valence-electron chi connectivity index (χ2n) is 4.77. The third kappa shape index (κ3) is 4.69. The molecular weight excluding hydrogens is 407 g/mol. The van der Waals surface area contributed by atoms with E-state index in [9.17, 15) is 9.59 Å². The van der Waals surface area contributed by atoms with Gasteiger partial charge in [-0.25, -0.2) is 9.78 Å². The van der Waals surface area contributed by atoms with Gasteiger partial charge in [0.2, 0.25) is 0 Å². The van der Waals surface area contributed by atoms with Crippen LogP contribution in [-0.4, -0.2) is 37.7 Å². The van der Waals surface area contributed by atoms with Crippen LogP contribution < -0.4 is 14.8 Å². The number of methoxy groups -OCH3 is 2. The number of aromatic nitrogens is 1. The first kappa shape index (κ1) is 20.1. The summed E-state index contributed by atoms with van der Waals surface area (Å²) in [7, 11) is 2.94. The number of pyridine rings is 1. The van der Waals surface area contributed by atoms with Crippen molar-refractivity contribution < 1.29 is 23.8 Å². The molecule has 138 valence electrons. The average Bonchev–Trinajstić information content (AvgIpc) is 2.64. The van der Waals surface area contributed by atoms with Crippen LogP contribution in [0.1, 0.15) is 10.5 Å². The maximum absolute atomic E-state index is 12.0. The lowest BCUT2D eigenvalue weighted by atomic mass is 10.2. The Morgan fingerprint density at radius 2 is 1.85 bits per heavy atom. The molecule has 0 saturated heterocycles. The quantitative estimate of drug-likeness (QED) is 0.716. The van der Waals surface area contributed by atoms with Crippen molar-refractivity contribution >= 4 is 52.4 Å². The van der Waals surface area contributed by atoms with Crippen molar-refractivity contribution in [1.82, 2.24) is 4.98 Å². The van der Waals surface area contributed by atoms with Crippen LogP contribution in [0.2, 0.25) is 15.1 Å². The van der Waals surface area contributed by atoms with E-state index in [0.29, 0.717) is 17.2 Å². The largest absolute Gasteiger partial charge is 0.497 e. The highest BCUT2D eigenvalue weighted by molar-refractivity contribution is 6.48. The van der Waals surface area contributed by atoms with E-state index >= 15 is 0 Å². The SMILES string of the molecule is COc1ccc(OC)c(NC(=O)COC(=O)c2ncc(Cl)c(Cl)c2Cl)c1. The number of nitrogens with one attached hydrogen (secondary N) is 1. The van der Waals surface area contributed by atoms with Gasteiger partial charge >= 0.3 is 5.97 Å². The van der Waals surface area contributed by atoms with Crippen molar-refractivity contribution in [2.24, 2.45) is 0 Å². The Labute approximate surface area is 164 Å². The molecule has 1 aromatic heterocycles. The lowest BCUT2D eigenvalue weighted by Crippen LogP contribution is -2.21. The number of benzene rings is 1. The van der Waals surface area contributed by atoms with Crippen LogP contribution in [0.4, 0.5) is 5.69 Å². The molecule has 0 fully saturated rings.